The van der Waals surface area contributed by atoms with Crippen molar-refractivity contribution in [1.29, 1.82) is 0 Å². The van der Waals surface area contributed by atoms with Crippen LogP contribution in [-0.2, 0) is 9.59 Å². The first kappa shape index (κ1) is 19.4. The Kier molecular flexibility index (Phi) is 6.87. The molecule has 2 aromatic rings. The molecule has 0 spiro atoms. The molecule has 5 nitrogen and oxygen atoms in total. The van der Waals surface area contributed by atoms with Gasteiger partial charge in [-0.15, -0.1) is 11.8 Å². The van der Waals surface area contributed by atoms with Crippen molar-refractivity contribution in [2.75, 3.05) is 10.6 Å². The van der Waals surface area contributed by atoms with Crippen molar-refractivity contribution in [2.24, 2.45) is 5.92 Å². The minimum absolute atomic E-state index is 0.0547. The van der Waals surface area contributed by atoms with Crippen LogP contribution in [0.25, 0.3) is 0 Å². The summed E-state index contributed by atoms with van der Waals surface area (Å²) in [6.45, 7) is 1.87. The second-order valence-electron chi connectivity index (χ2n) is 6.83. The van der Waals surface area contributed by atoms with E-state index in [4.69, 9.17) is 0 Å². The van der Waals surface area contributed by atoms with Gasteiger partial charge in [-0.25, -0.2) is 0 Å². The Morgan fingerprint density at radius 3 is 2.26 bits per heavy atom. The number of aromatic nitrogens is 1. The Labute approximate surface area is 164 Å². The second kappa shape index (κ2) is 9.55. The van der Waals surface area contributed by atoms with Crippen molar-refractivity contribution in [2.45, 2.75) is 49.2 Å². The summed E-state index contributed by atoms with van der Waals surface area (Å²) in [5.74, 6) is 0.214. The molecule has 1 saturated carbocycles. The summed E-state index contributed by atoms with van der Waals surface area (Å²) >= 11 is 1.49. The third-order valence-corrected chi connectivity index (χ3v) is 5.84. The lowest BCUT2D eigenvalue weighted by Gasteiger charge is -2.20. The maximum atomic E-state index is 12.3. The standard InChI is InChI=1S/C21H25N3O2S/c1-15(20(25)23-18-11-13-22-14-12-18)27-19-9-7-17(8-10-19)24-21(26)16-5-3-2-4-6-16/h7-16H,2-6H2,1H3,(H,24,26)(H,22,23,25). The third kappa shape index (κ3) is 5.82. The van der Waals surface area contributed by atoms with E-state index < -0.39 is 0 Å². The molecule has 0 aliphatic heterocycles. The zero-order valence-electron chi connectivity index (χ0n) is 15.5. The van der Waals surface area contributed by atoms with Gasteiger partial charge >= 0.3 is 0 Å². The average molecular weight is 384 g/mol. The number of carbonyl (C=O) groups is 2. The van der Waals surface area contributed by atoms with Gasteiger partial charge in [-0.3, -0.25) is 14.6 Å². The summed E-state index contributed by atoms with van der Waals surface area (Å²) in [6.07, 6.45) is 8.80. The number of anilines is 2. The van der Waals surface area contributed by atoms with Gasteiger partial charge in [0.15, 0.2) is 0 Å². The van der Waals surface area contributed by atoms with Gasteiger partial charge < -0.3 is 10.6 Å². The van der Waals surface area contributed by atoms with Crippen molar-refractivity contribution in [3.8, 4) is 0 Å². The zero-order valence-corrected chi connectivity index (χ0v) is 16.3. The largest absolute Gasteiger partial charge is 0.326 e. The molecule has 1 aliphatic rings. The van der Waals surface area contributed by atoms with E-state index in [1.165, 1.54) is 18.2 Å². The summed E-state index contributed by atoms with van der Waals surface area (Å²) in [5.41, 5.74) is 1.55. The van der Waals surface area contributed by atoms with Crippen LogP contribution in [-0.4, -0.2) is 22.0 Å². The van der Waals surface area contributed by atoms with Crippen LogP contribution in [0.1, 0.15) is 39.0 Å². The number of nitrogens with zero attached hydrogens (tertiary/aromatic N) is 1. The minimum Gasteiger partial charge on any atom is -0.326 e. The Balaban J connectivity index is 1.50. The molecule has 1 aromatic heterocycles. The SMILES string of the molecule is CC(Sc1ccc(NC(=O)C2CCCCC2)cc1)C(=O)Nc1ccncc1. The summed E-state index contributed by atoms with van der Waals surface area (Å²) in [5, 5.41) is 5.66. The molecule has 1 heterocycles. The highest BCUT2D eigenvalue weighted by atomic mass is 32.2. The maximum Gasteiger partial charge on any atom is 0.237 e. The van der Waals surface area contributed by atoms with Crippen molar-refractivity contribution < 1.29 is 9.59 Å². The zero-order chi connectivity index (χ0) is 19.1. The smallest absolute Gasteiger partial charge is 0.237 e. The number of pyridine rings is 1. The molecule has 2 N–H and O–H groups in total. The van der Waals surface area contributed by atoms with Crippen molar-refractivity contribution in [3.05, 3.63) is 48.8 Å². The number of rotatable bonds is 6. The number of hydrogen-bond acceptors (Lipinski definition) is 4. The van der Waals surface area contributed by atoms with Gasteiger partial charge in [-0.1, -0.05) is 19.3 Å². The maximum absolute atomic E-state index is 12.3. The Bertz CT molecular complexity index is 759. The van der Waals surface area contributed by atoms with Gasteiger partial charge in [0.1, 0.15) is 0 Å². The Hall–Kier alpha value is -2.34. The van der Waals surface area contributed by atoms with E-state index in [9.17, 15) is 9.59 Å². The first-order valence-electron chi connectivity index (χ1n) is 9.40. The molecule has 1 unspecified atom stereocenters. The molecule has 1 aromatic carbocycles. The van der Waals surface area contributed by atoms with E-state index >= 15 is 0 Å². The summed E-state index contributed by atoms with van der Waals surface area (Å²) in [6, 6.07) is 11.2. The highest BCUT2D eigenvalue weighted by Crippen LogP contribution is 2.27. The lowest BCUT2D eigenvalue weighted by molar-refractivity contribution is -0.120. The molecule has 0 radical (unpaired) electrons. The van der Waals surface area contributed by atoms with E-state index in [1.807, 2.05) is 31.2 Å². The topological polar surface area (TPSA) is 71.1 Å². The number of thioether (sulfide) groups is 1. The number of hydrogen-bond donors (Lipinski definition) is 2. The van der Waals surface area contributed by atoms with Gasteiger partial charge in [0.2, 0.25) is 11.8 Å². The molecule has 0 saturated heterocycles. The van der Waals surface area contributed by atoms with Gasteiger partial charge in [0.25, 0.3) is 0 Å². The quantitative estimate of drug-likeness (QED) is 0.708. The molecule has 2 amide bonds. The summed E-state index contributed by atoms with van der Waals surface area (Å²) in [4.78, 5) is 29.5. The van der Waals surface area contributed by atoms with Crippen LogP contribution in [0.5, 0.6) is 0 Å². The van der Waals surface area contributed by atoms with Gasteiger partial charge in [0.05, 0.1) is 5.25 Å². The number of amides is 2. The molecule has 27 heavy (non-hydrogen) atoms. The monoisotopic (exact) mass is 383 g/mol. The summed E-state index contributed by atoms with van der Waals surface area (Å²) in [7, 11) is 0. The van der Waals surface area contributed by atoms with Crippen LogP contribution in [0.4, 0.5) is 11.4 Å². The lowest BCUT2D eigenvalue weighted by atomic mass is 9.88. The van der Waals surface area contributed by atoms with E-state index in [0.29, 0.717) is 0 Å². The third-order valence-electron chi connectivity index (χ3n) is 4.73. The van der Waals surface area contributed by atoms with Crippen LogP contribution in [0.2, 0.25) is 0 Å². The van der Waals surface area contributed by atoms with Gasteiger partial charge in [0, 0.05) is 34.6 Å². The van der Waals surface area contributed by atoms with E-state index in [0.717, 1.165) is 42.0 Å². The molecule has 6 heteroatoms. The highest BCUT2D eigenvalue weighted by Gasteiger charge is 2.21. The molecule has 1 atom stereocenters. The predicted molar refractivity (Wildman–Crippen MR) is 110 cm³/mol. The van der Waals surface area contributed by atoms with Crippen LogP contribution in [0.3, 0.4) is 0 Å². The molecule has 0 bridgehead atoms. The van der Waals surface area contributed by atoms with Crippen molar-refractivity contribution in [1.82, 2.24) is 4.98 Å². The molecular formula is C21H25N3O2S. The summed E-state index contributed by atoms with van der Waals surface area (Å²) < 4.78 is 0. The number of nitrogens with one attached hydrogen (secondary N) is 2. The van der Waals surface area contributed by atoms with Gasteiger partial charge in [-0.2, -0.15) is 0 Å². The lowest BCUT2D eigenvalue weighted by Crippen LogP contribution is -2.24. The molecule has 1 aliphatic carbocycles. The highest BCUT2D eigenvalue weighted by molar-refractivity contribution is 8.00. The number of carbonyl (C=O) groups excluding carboxylic acids is 2. The molecule has 142 valence electrons. The normalized spacial score (nSPS) is 15.7. The fraction of sp³-hybridized carbons (Fsp3) is 0.381. The van der Waals surface area contributed by atoms with E-state index in [1.54, 1.807) is 24.5 Å². The minimum atomic E-state index is -0.235. The van der Waals surface area contributed by atoms with Crippen molar-refractivity contribution >= 4 is 35.0 Å². The first-order chi connectivity index (χ1) is 13.1. The van der Waals surface area contributed by atoms with Gasteiger partial charge in [-0.05, 0) is 56.2 Å². The fourth-order valence-corrected chi connectivity index (χ4v) is 4.03. The molecular weight excluding hydrogens is 358 g/mol. The van der Waals surface area contributed by atoms with Crippen LogP contribution < -0.4 is 10.6 Å². The van der Waals surface area contributed by atoms with Crippen molar-refractivity contribution in [3.63, 3.8) is 0 Å². The Morgan fingerprint density at radius 2 is 1.59 bits per heavy atom. The fourth-order valence-electron chi connectivity index (χ4n) is 3.16. The number of benzene rings is 1. The Morgan fingerprint density at radius 1 is 0.963 bits per heavy atom. The van der Waals surface area contributed by atoms with E-state index in [-0.39, 0.29) is 23.0 Å². The van der Waals surface area contributed by atoms with E-state index in [2.05, 4.69) is 15.6 Å². The van der Waals surface area contributed by atoms with Crippen LogP contribution in [0, 0.1) is 5.92 Å². The molecule has 3 rings (SSSR count). The average Bonchev–Trinajstić information content (AvgIpc) is 2.71. The second-order valence-corrected chi connectivity index (χ2v) is 8.25. The molecule has 1 fully saturated rings. The van der Waals surface area contributed by atoms with Crippen LogP contribution >= 0.6 is 11.8 Å². The first-order valence-corrected chi connectivity index (χ1v) is 10.3. The predicted octanol–water partition coefficient (Wildman–Crippen LogP) is 4.72. The van der Waals surface area contributed by atoms with Crippen LogP contribution in [0.15, 0.2) is 53.7 Å².